The number of anilines is 1. The van der Waals surface area contributed by atoms with E-state index < -0.39 is 5.79 Å². The highest BCUT2D eigenvalue weighted by molar-refractivity contribution is 5.92. The Hall–Kier alpha value is -1.77. The molecule has 0 aromatic carbocycles. The molecule has 0 unspecified atom stereocenters. The predicted molar refractivity (Wildman–Crippen MR) is 84.8 cm³/mol. The van der Waals surface area contributed by atoms with Crippen LogP contribution in [0.2, 0.25) is 0 Å². The van der Waals surface area contributed by atoms with E-state index in [0.717, 1.165) is 31.7 Å². The van der Waals surface area contributed by atoms with Crippen LogP contribution in [0.5, 0.6) is 0 Å². The van der Waals surface area contributed by atoms with Crippen molar-refractivity contribution in [1.29, 1.82) is 0 Å². The number of aromatic nitrogens is 2. The van der Waals surface area contributed by atoms with E-state index in [1.165, 1.54) is 0 Å². The summed E-state index contributed by atoms with van der Waals surface area (Å²) in [5.41, 5.74) is 0.386. The summed E-state index contributed by atoms with van der Waals surface area (Å²) in [6, 6.07) is 3.63. The minimum Gasteiger partial charge on any atom is -0.378 e. The van der Waals surface area contributed by atoms with Gasteiger partial charge in [0.25, 0.3) is 5.91 Å². The maximum Gasteiger partial charge on any atom is 0.274 e. The zero-order valence-electron chi connectivity index (χ0n) is 13.6. The van der Waals surface area contributed by atoms with Crippen molar-refractivity contribution in [2.75, 3.05) is 57.5 Å². The molecular formula is C16H22N4O4. The summed E-state index contributed by atoms with van der Waals surface area (Å²) in [6.45, 7) is 5.36. The quantitative estimate of drug-likeness (QED) is 0.769. The first-order valence-electron chi connectivity index (χ1n) is 8.49. The number of hydrogen-bond acceptors (Lipinski definition) is 7. The summed E-state index contributed by atoms with van der Waals surface area (Å²) in [5.74, 6) is 0.319. The van der Waals surface area contributed by atoms with Gasteiger partial charge in [-0.2, -0.15) is 0 Å². The summed E-state index contributed by atoms with van der Waals surface area (Å²) < 4.78 is 16.7. The lowest BCUT2D eigenvalue weighted by Crippen LogP contribution is -2.45. The second-order valence-corrected chi connectivity index (χ2v) is 6.28. The maximum absolute atomic E-state index is 12.4. The number of hydrogen-bond donors (Lipinski definition) is 0. The molecule has 1 amide bonds. The predicted octanol–water partition coefficient (Wildman–Crippen LogP) is 0.292. The fraction of sp³-hybridized carbons (Fsp3) is 0.688. The van der Waals surface area contributed by atoms with Gasteiger partial charge in [0.1, 0.15) is 0 Å². The van der Waals surface area contributed by atoms with Crippen molar-refractivity contribution in [3.63, 3.8) is 0 Å². The first kappa shape index (κ1) is 15.7. The Morgan fingerprint density at radius 3 is 2.29 bits per heavy atom. The number of carbonyl (C=O) groups excluding carboxylic acids is 1. The van der Waals surface area contributed by atoms with Gasteiger partial charge in [-0.15, -0.1) is 10.2 Å². The van der Waals surface area contributed by atoms with Crippen LogP contribution in [0.15, 0.2) is 12.1 Å². The summed E-state index contributed by atoms with van der Waals surface area (Å²) in [6.07, 6.45) is 1.65. The van der Waals surface area contributed by atoms with Crippen LogP contribution >= 0.6 is 0 Å². The lowest BCUT2D eigenvalue weighted by Gasteiger charge is -2.37. The first-order chi connectivity index (χ1) is 11.8. The van der Waals surface area contributed by atoms with Crippen molar-refractivity contribution in [2.24, 2.45) is 0 Å². The van der Waals surface area contributed by atoms with Gasteiger partial charge in [-0.3, -0.25) is 4.79 Å². The van der Waals surface area contributed by atoms with Gasteiger partial charge in [0.15, 0.2) is 17.3 Å². The molecule has 3 fully saturated rings. The van der Waals surface area contributed by atoms with E-state index in [1.807, 2.05) is 6.07 Å². The summed E-state index contributed by atoms with van der Waals surface area (Å²) in [5, 5.41) is 8.38. The molecular weight excluding hydrogens is 312 g/mol. The molecule has 1 aromatic rings. The highest BCUT2D eigenvalue weighted by Gasteiger charge is 2.40. The fourth-order valence-electron chi connectivity index (χ4n) is 3.40. The normalized spacial score (nSPS) is 23.7. The highest BCUT2D eigenvalue weighted by atomic mass is 16.7. The van der Waals surface area contributed by atoms with Gasteiger partial charge < -0.3 is 24.0 Å². The van der Waals surface area contributed by atoms with Crippen LogP contribution in [0, 0.1) is 0 Å². The van der Waals surface area contributed by atoms with E-state index in [9.17, 15) is 4.79 Å². The van der Waals surface area contributed by atoms with Crippen molar-refractivity contribution in [2.45, 2.75) is 18.6 Å². The highest BCUT2D eigenvalue weighted by Crippen LogP contribution is 2.32. The van der Waals surface area contributed by atoms with Crippen LogP contribution in [-0.2, 0) is 14.2 Å². The molecule has 0 aliphatic carbocycles. The monoisotopic (exact) mass is 334 g/mol. The molecule has 0 N–H and O–H groups in total. The molecule has 1 spiro atoms. The second-order valence-electron chi connectivity index (χ2n) is 6.28. The van der Waals surface area contributed by atoms with Gasteiger partial charge >= 0.3 is 0 Å². The van der Waals surface area contributed by atoms with E-state index in [0.29, 0.717) is 45.2 Å². The largest absolute Gasteiger partial charge is 0.378 e. The lowest BCUT2D eigenvalue weighted by molar-refractivity contribution is -0.169. The number of carbonyl (C=O) groups is 1. The van der Waals surface area contributed by atoms with Gasteiger partial charge in [0, 0.05) is 39.0 Å². The number of rotatable bonds is 2. The summed E-state index contributed by atoms with van der Waals surface area (Å²) in [7, 11) is 0. The van der Waals surface area contributed by atoms with Crippen molar-refractivity contribution in [1.82, 2.24) is 15.1 Å². The van der Waals surface area contributed by atoms with Crippen molar-refractivity contribution in [3.05, 3.63) is 17.8 Å². The molecule has 1 aromatic heterocycles. The number of morpholine rings is 1. The number of nitrogens with zero attached hydrogens (tertiary/aromatic N) is 4. The molecule has 4 heterocycles. The number of ether oxygens (including phenoxy) is 3. The van der Waals surface area contributed by atoms with Gasteiger partial charge in [-0.1, -0.05) is 0 Å². The maximum atomic E-state index is 12.4. The SMILES string of the molecule is O=C(c1ccc(N2CCC3(CC2)OCCO3)nn1)N1CCOCC1. The molecule has 8 nitrogen and oxygen atoms in total. The van der Waals surface area contributed by atoms with E-state index >= 15 is 0 Å². The number of piperidine rings is 1. The van der Waals surface area contributed by atoms with Crippen LogP contribution in [-0.4, -0.2) is 79.4 Å². The molecule has 0 radical (unpaired) electrons. The van der Waals surface area contributed by atoms with E-state index in [-0.39, 0.29) is 5.91 Å². The minimum absolute atomic E-state index is 0.0808. The molecule has 24 heavy (non-hydrogen) atoms. The van der Waals surface area contributed by atoms with E-state index in [2.05, 4.69) is 15.1 Å². The van der Waals surface area contributed by atoms with E-state index in [1.54, 1.807) is 11.0 Å². The van der Waals surface area contributed by atoms with Crippen LogP contribution in [0.25, 0.3) is 0 Å². The van der Waals surface area contributed by atoms with Crippen LogP contribution in [0.3, 0.4) is 0 Å². The van der Waals surface area contributed by atoms with Gasteiger partial charge in [0.05, 0.1) is 26.4 Å². The average Bonchev–Trinajstić information content (AvgIpc) is 3.11. The topological polar surface area (TPSA) is 77.0 Å². The van der Waals surface area contributed by atoms with E-state index in [4.69, 9.17) is 14.2 Å². The smallest absolute Gasteiger partial charge is 0.274 e. The third-order valence-corrected chi connectivity index (χ3v) is 4.83. The first-order valence-corrected chi connectivity index (χ1v) is 8.49. The van der Waals surface area contributed by atoms with Gasteiger partial charge in [0.2, 0.25) is 0 Å². The third-order valence-electron chi connectivity index (χ3n) is 4.83. The molecule has 3 aliphatic rings. The molecule has 0 saturated carbocycles. The standard InChI is InChI=1S/C16H22N4O4/c21-15(20-7-9-22-10-8-20)13-1-2-14(18-17-13)19-5-3-16(4-6-19)23-11-12-24-16/h1-2H,3-12H2. The number of amides is 1. The molecule has 130 valence electrons. The third kappa shape index (κ3) is 3.09. The zero-order valence-corrected chi connectivity index (χ0v) is 13.6. The Labute approximate surface area is 140 Å². The average molecular weight is 334 g/mol. The fourth-order valence-corrected chi connectivity index (χ4v) is 3.40. The van der Waals surface area contributed by atoms with Crippen molar-refractivity contribution in [3.8, 4) is 0 Å². The molecule has 3 aliphatic heterocycles. The molecule has 0 atom stereocenters. The van der Waals surface area contributed by atoms with Crippen molar-refractivity contribution < 1.29 is 19.0 Å². The Kier molecular flexibility index (Phi) is 4.34. The van der Waals surface area contributed by atoms with Crippen LogP contribution in [0.1, 0.15) is 23.3 Å². The van der Waals surface area contributed by atoms with Gasteiger partial charge in [-0.05, 0) is 12.1 Å². The summed E-state index contributed by atoms with van der Waals surface area (Å²) >= 11 is 0. The Bertz CT molecular complexity index is 572. The molecule has 0 bridgehead atoms. The van der Waals surface area contributed by atoms with Gasteiger partial charge in [-0.25, -0.2) is 0 Å². The molecule has 3 saturated heterocycles. The van der Waals surface area contributed by atoms with Crippen LogP contribution in [0.4, 0.5) is 5.82 Å². The lowest BCUT2D eigenvalue weighted by atomic mass is 10.0. The molecule has 4 rings (SSSR count). The Balaban J connectivity index is 1.38. The Morgan fingerprint density at radius 1 is 0.958 bits per heavy atom. The Morgan fingerprint density at radius 2 is 1.67 bits per heavy atom. The second kappa shape index (κ2) is 6.62. The minimum atomic E-state index is -0.393. The van der Waals surface area contributed by atoms with Crippen LogP contribution < -0.4 is 4.90 Å². The zero-order chi connectivity index (χ0) is 16.4. The van der Waals surface area contributed by atoms with Crippen molar-refractivity contribution >= 4 is 11.7 Å². The summed E-state index contributed by atoms with van der Waals surface area (Å²) in [4.78, 5) is 16.3. The molecule has 8 heteroatoms.